The molecule has 2 aliphatic heterocycles. The van der Waals surface area contributed by atoms with Gasteiger partial charge in [0.2, 0.25) is 5.16 Å². The molecule has 0 aliphatic carbocycles. The van der Waals surface area contributed by atoms with Crippen molar-refractivity contribution in [3.63, 3.8) is 0 Å². The number of phenolic OH excluding ortho intramolecular Hbond substituents is 1. The van der Waals surface area contributed by atoms with Gasteiger partial charge < -0.3 is 25.5 Å². The van der Waals surface area contributed by atoms with Crippen LogP contribution >= 0.6 is 23.5 Å². The normalized spacial score (nSPS) is 19.7. The summed E-state index contributed by atoms with van der Waals surface area (Å²) in [5, 5.41) is 46.9. The molecule has 1 fully saturated rings. The number of fused-ring (bicyclic) bond motifs is 1. The van der Waals surface area contributed by atoms with Crippen LogP contribution in [-0.4, -0.2) is 81.8 Å². The van der Waals surface area contributed by atoms with Crippen LogP contribution in [0.3, 0.4) is 0 Å². The number of carboxylic acid groups (broad SMARTS) is 1. The number of thioether (sulfide) groups is 2. The molecule has 0 spiro atoms. The quantitative estimate of drug-likeness (QED) is 0.0806. The summed E-state index contributed by atoms with van der Waals surface area (Å²) in [5.41, 5.74) is 0.114. The van der Waals surface area contributed by atoms with Gasteiger partial charge in [0, 0.05) is 24.1 Å². The van der Waals surface area contributed by atoms with Crippen molar-refractivity contribution in [1.29, 1.82) is 0 Å². The minimum atomic E-state index is -1.49. The predicted molar refractivity (Wildman–Crippen MR) is 113 cm³/mol. The van der Waals surface area contributed by atoms with Crippen molar-refractivity contribution < 1.29 is 59.4 Å². The Balaban J connectivity index is 0.00000324. The molecule has 3 N–H and O–H groups in total. The molecule has 0 bridgehead atoms. The van der Waals surface area contributed by atoms with E-state index in [1.807, 2.05) is 0 Å². The minimum Gasteiger partial charge on any atom is -0.543 e. The average Bonchev–Trinajstić information content (AvgIpc) is 3.21. The second-order valence-corrected chi connectivity index (χ2v) is 9.02. The average molecular weight is 513 g/mol. The summed E-state index contributed by atoms with van der Waals surface area (Å²) in [6.45, 7) is 0. The summed E-state index contributed by atoms with van der Waals surface area (Å²) in [5.74, 6) is -2.44. The van der Waals surface area contributed by atoms with Crippen LogP contribution in [-0.2, 0) is 21.4 Å². The number of phenols is 1. The standard InChI is InChI=1S/C18H17N7O6S2.Na/c1-24-18(20-22-23-24)33-7-9-6-32-16-12(15(28)25(16)13(9)17(29)30)19-14(27)11(21-31)8-2-4-10(26)5-3-8;/h2-5,12,16,26,31H,6-7H2,1H3,(H,19,27)(H,29,30);/q;+1/p-1/b21-11+;/t12?,16-;/m1./s1. The Morgan fingerprint density at radius 3 is 2.65 bits per heavy atom. The van der Waals surface area contributed by atoms with Gasteiger partial charge in [-0.25, -0.2) is 4.68 Å². The minimum absolute atomic E-state index is 0. The predicted octanol–water partition coefficient (Wildman–Crippen LogP) is -4.71. The zero-order valence-electron chi connectivity index (χ0n) is 17.9. The van der Waals surface area contributed by atoms with Gasteiger partial charge in [-0.05, 0) is 40.3 Å². The van der Waals surface area contributed by atoms with Crippen LogP contribution in [0.2, 0.25) is 0 Å². The molecule has 34 heavy (non-hydrogen) atoms. The van der Waals surface area contributed by atoms with Gasteiger partial charge in [0.1, 0.15) is 17.2 Å². The van der Waals surface area contributed by atoms with E-state index in [4.69, 9.17) is 0 Å². The van der Waals surface area contributed by atoms with Crippen LogP contribution in [0.15, 0.2) is 45.8 Å². The van der Waals surface area contributed by atoms with E-state index < -0.39 is 29.2 Å². The monoisotopic (exact) mass is 513 g/mol. The number of amides is 2. The summed E-state index contributed by atoms with van der Waals surface area (Å²) in [6.07, 6.45) is 0. The van der Waals surface area contributed by atoms with Gasteiger partial charge in [-0.15, -0.1) is 16.9 Å². The van der Waals surface area contributed by atoms with Crippen molar-refractivity contribution in [2.24, 2.45) is 12.2 Å². The van der Waals surface area contributed by atoms with Crippen molar-refractivity contribution in [2.45, 2.75) is 16.6 Å². The van der Waals surface area contributed by atoms with Gasteiger partial charge in [-0.1, -0.05) is 16.9 Å². The van der Waals surface area contributed by atoms with Gasteiger partial charge >= 0.3 is 29.6 Å². The largest absolute Gasteiger partial charge is 1.00 e. The fraction of sp³-hybridized carbons (Fsp3) is 0.278. The van der Waals surface area contributed by atoms with E-state index in [0.29, 0.717) is 16.5 Å². The van der Waals surface area contributed by atoms with Crippen LogP contribution in [0.1, 0.15) is 5.56 Å². The fourth-order valence-corrected chi connectivity index (χ4v) is 5.68. The zero-order chi connectivity index (χ0) is 23.7. The number of benzene rings is 1. The number of aryl methyl sites for hydroxylation is 1. The number of carbonyl (C=O) groups excluding carboxylic acids is 3. The molecule has 1 saturated heterocycles. The third kappa shape index (κ3) is 4.93. The molecular weight excluding hydrogens is 497 g/mol. The maximum absolute atomic E-state index is 12.8. The number of carboxylic acids is 1. The number of hydrogen-bond donors (Lipinski definition) is 3. The Hall–Kier alpha value is -2.59. The van der Waals surface area contributed by atoms with Crippen molar-refractivity contribution in [3.05, 3.63) is 41.1 Å². The van der Waals surface area contributed by atoms with E-state index in [2.05, 4.69) is 26.0 Å². The molecule has 16 heteroatoms. The third-order valence-corrected chi connectivity index (χ3v) is 7.38. The first kappa shape index (κ1) is 26.0. The number of aliphatic carboxylic acids is 1. The molecule has 2 atom stereocenters. The molecule has 13 nitrogen and oxygen atoms in total. The first-order chi connectivity index (χ1) is 15.8. The first-order valence-electron chi connectivity index (χ1n) is 9.37. The summed E-state index contributed by atoms with van der Waals surface area (Å²) in [6, 6.07) is 4.37. The number of nitrogens with zero attached hydrogens (tertiary/aromatic N) is 6. The maximum Gasteiger partial charge on any atom is 1.00 e. The van der Waals surface area contributed by atoms with Gasteiger partial charge in [0.25, 0.3) is 11.8 Å². The molecule has 1 aromatic heterocycles. The molecule has 2 aliphatic rings. The second kappa shape index (κ2) is 10.8. The van der Waals surface area contributed by atoms with Crippen LogP contribution in [0, 0.1) is 0 Å². The maximum atomic E-state index is 12.8. The molecule has 4 rings (SSSR count). The number of aromatic hydroxyl groups is 1. The van der Waals surface area contributed by atoms with Gasteiger partial charge in [0.05, 0.1) is 11.7 Å². The van der Waals surface area contributed by atoms with Gasteiger partial charge in [-0.2, -0.15) is 0 Å². The summed E-state index contributed by atoms with van der Waals surface area (Å²) in [4.78, 5) is 38.3. The van der Waals surface area contributed by atoms with Crippen molar-refractivity contribution in [1.82, 2.24) is 30.4 Å². The summed E-state index contributed by atoms with van der Waals surface area (Å²) in [7, 11) is 1.65. The van der Waals surface area contributed by atoms with Crippen LogP contribution in [0.4, 0.5) is 0 Å². The van der Waals surface area contributed by atoms with Crippen LogP contribution in [0.25, 0.3) is 0 Å². The number of aromatic nitrogens is 4. The van der Waals surface area contributed by atoms with E-state index in [0.717, 1.165) is 4.90 Å². The van der Waals surface area contributed by atoms with E-state index >= 15 is 0 Å². The Morgan fingerprint density at radius 2 is 2.06 bits per heavy atom. The van der Waals surface area contributed by atoms with Gasteiger partial charge in [0.15, 0.2) is 5.71 Å². The molecular formula is C18H16N7NaO6S2. The van der Waals surface area contributed by atoms with Crippen molar-refractivity contribution in [2.75, 3.05) is 11.5 Å². The molecule has 0 radical (unpaired) electrons. The number of hydrogen-bond acceptors (Lipinski definition) is 12. The second-order valence-electron chi connectivity index (χ2n) is 6.97. The zero-order valence-corrected chi connectivity index (χ0v) is 21.5. The van der Waals surface area contributed by atoms with Crippen LogP contribution < -0.4 is 40.0 Å². The number of tetrazole rings is 1. The van der Waals surface area contributed by atoms with E-state index in [1.54, 1.807) is 7.05 Å². The molecule has 3 heterocycles. The topological polar surface area (TPSA) is 186 Å². The number of nitrogens with one attached hydrogen (secondary N) is 1. The Labute approximate surface area is 222 Å². The Kier molecular flexibility index (Phi) is 8.25. The van der Waals surface area contributed by atoms with Gasteiger partial charge in [-0.3, -0.25) is 14.5 Å². The van der Waals surface area contributed by atoms with E-state index in [9.17, 15) is 29.8 Å². The first-order valence-corrected chi connectivity index (χ1v) is 11.4. The Morgan fingerprint density at radius 1 is 1.35 bits per heavy atom. The molecule has 1 unspecified atom stereocenters. The molecule has 1 aromatic carbocycles. The number of rotatable bonds is 7. The summed E-state index contributed by atoms with van der Waals surface area (Å²) < 4.78 is 1.44. The third-order valence-electron chi connectivity index (χ3n) is 4.94. The van der Waals surface area contributed by atoms with Crippen molar-refractivity contribution in [3.8, 4) is 5.75 Å². The fourth-order valence-electron chi connectivity index (χ4n) is 3.34. The SMILES string of the molecule is Cn1nnnc1SCC1=C(C(=O)[O-])N2C(=O)C(NC(=O)/C(=N/O)c3ccc(O)cc3)[C@H]2SC1.[Na+]. The number of β-lactam (4-membered cyclic amide) rings is 1. The van der Waals surface area contributed by atoms with Crippen molar-refractivity contribution >= 4 is 47.0 Å². The Bertz CT molecular complexity index is 1190. The number of oxime groups is 1. The van der Waals surface area contributed by atoms with E-state index in [1.165, 1.54) is 52.5 Å². The molecule has 2 amide bonds. The smallest absolute Gasteiger partial charge is 0.543 e. The summed E-state index contributed by atoms with van der Waals surface area (Å²) >= 11 is 2.51. The van der Waals surface area contributed by atoms with Crippen LogP contribution in [0.5, 0.6) is 5.75 Å². The van der Waals surface area contributed by atoms with E-state index in [-0.39, 0.29) is 58.0 Å². The molecule has 172 valence electrons. The number of carbonyl (C=O) groups is 3. The molecule has 2 aromatic rings. The molecule has 0 saturated carbocycles.